The molecular formula is C15H19NO4S2. The maximum Gasteiger partial charge on any atom is 0.236 e. The first-order valence-electron chi connectivity index (χ1n) is 7.34. The van der Waals surface area contributed by atoms with Gasteiger partial charge < -0.3 is 0 Å². The van der Waals surface area contributed by atoms with Crippen LogP contribution in [-0.4, -0.2) is 34.9 Å². The van der Waals surface area contributed by atoms with E-state index in [9.17, 15) is 16.8 Å². The Morgan fingerprint density at radius 3 is 2.68 bits per heavy atom. The average Bonchev–Trinajstić information content (AvgIpc) is 2.84. The van der Waals surface area contributed by atoms with Crippen molar-refractivity contribution in [1.82, 2.24) is 4.72 Å². The number of sulfone groups is 1. The molecule has 1 aliphatic heterocycles. The SMILES string of the molecule is O=S1(=O)CC[C@H](CNS(=O)(=O)C2=Cc3ccccc3CC2)C1. The Balaban J connectivity index is 1.70. The molecule has 0 aromatic heterocycles. The largest absolute Gasteiger partial charge is 0.236 e. The van der Waals surface area contributed by atoms with Gasteiger partial charge in [-0.1, -0.05) is 24.3 Å². The van der Waals surface area contributed by atoms with Gasteiger partial charge in [0.1, 0.15) is 0 Å². The van der Waals surface area contributed by atoms with Crippen LogP contribution in [0.2, 0.25) is 0 Å². The van der Waals surface area contributed by atoms with E-state index in [1.54, 1.807) is 6.08 Å². The highest BCUT2D eigenvalue weighted by Gasteiger charge is 2.29. The number of allylic oxidation sites excluding steroid dienone is 1. The van der Waals surface area contributed by atoms with Gasteiger partial charge in [0, 0.05) is 6.54 Å². The van der Waals surface area contributed by atoms with Crippen molar-refractivity contribution in [3.63, 3.8) is 0 Å². The van der Waals surface area contributed by atoms with Crippen molar-refractivity contribution in [3.8, 4) is 0 Å². The summed E-state index contributed by atoms with van der Waals surface area (Å²) < 4.78 is 50.2. The lowest BCUT2D eigenvalue weighted by molar-refractivity contribution is 0.546. The van der Waals surface area contributed by atoms with Gasteiger partial charge in [-0.2, -0.15) is 0 Å². The fourth-order valence-corrected chi connectivity index (χ4v) is 6.13. The summed E-state index contributed by atoms with van der Waals surface area (Å²) in [7, 11) is -6.51. The molecule has 2 aliphatic rings. The molecule has 120 valence electrons. The summed E-state index contributed by atoms with van der Waals surface area (Å²) in [5.41, 5.74) is 2.10. The predicted octanol–water partition coefficient (Wildman–Crippen LogP) is 1.33. The normalized spacial score (nSPS) is 23.8. The fraction of sp³-hybridized carbons (Fsp3) is 0.467. The molecule has 1 aromatic rings. The fourth-order valence-electron chi connectivity index (χ4n) is 2.97. The molecule has 7 heteroatoms. The first kappa shape index (κ1) is 15.7. The Morgan fingerprint density at radius 1 is 1.18 bits per heavy atom. The molecule has 22 heavy (non-hydrogen) atoms. The van der Waals surface area contributed by atoms with Crippen LogP contribution in [0.1, 0.15) is 24.0 Å². The number of hydrogen-bond donors (Lipinski definition) is 1. The van der Waals surface area contributed by atoms with E-state index < -0.39 is 19.9 Å². The molecule has 0 amide bonds. The van der Waals surface area contributed by atoms with Gasteiger partial charge in [-0.25, -0.2) is 21.6 Å². The van der Waals surface area contributed by atoms with E-state index >= 15 is 0 Å². The highest BCUT2D eigenvalue weighted by Crippen LogP contribution is 2.27. The van der Waals surface area contributed by atoms with Crippen LogP contribution < -0.4 is 4.72 Å². The van der Waals surface area contributed by atoms with E-state index in [4.69, 9.17) is 0 Å². The van der Waals surface area contributed by atoms with Gasteiger partial charge in [-0.15, -0.1) is 0 Å². The van der Waals surface area contributed by atoms with E-state index in [-0.39, 0.29) is 24.0 Å². The lowest BCUT2D eigenvalue weighted by Crippen LogP contribution is -2.31. The molecule has 1 N–H and O–H groups in total. The number of sulfonamides is 1. The Hall–Kier alpha value is -1.18. The molecule has 3 rings (SSSR count). The van der Waals surface area contributed by atoms with Gasteiger partial charge in [0.25, 0.3) is 0 Å². The molecule has 0 unspecified atom stereocenters. The van der Waals surface area contributed by atoms with Crippen LogP contribution in [-0.2, 0) is 26.3 Å². The number of fused-ring (bicyclic) bond motifs is 1. The quantitative estimate of drug-likeness (QED) is 0.896. The van der Waals surface area contributed by atoms with E-state index in [1.807, 2.05) is 24.3 Å². The zero-order valence-corrected chi connectivity index (χ0v) is 13.8. The van der Waals surface area contributed by atoms with Crippen LogP contribution in [0, 0.1) is 5.92 Å². The minimum Gasteiger partial charge on any atom is -0.229 e. The average molecular weight is 341 g/mol. The van der Waals surface area contributed by atoms with Crippen molar-refractivity contribution in [2.24, 2.45) is 5.92 Å². The monoisotopic (exact) mass is 341 g/mol. The Morgan fingerprint density at radius 2 is 1.95 bits per heavy atom. The number of hydrogen-bond acceptors (Lipinski definition) is 4. The Labute approximate surface area is 131 Å². The summed E-state index contributed by atoms with van der Waals surface area (Å²) in [4.78, 5) is 0.382. The van der Waals surface area contributed by atoms with Crippen LogP contribution in [0.3, 0.4) is 0 Å². The zero-order valence-electron chi connectivity index (χ0n) is 12.2. The van der Waals surface area contributed by atoms with Gasteiger partial charge in [0.2, 0.25) is 10.0 Å². The van der Waals surface area contributed by atoms with E-state index in [0.29, 0.717) is 24.2 Å². The summed E-state index contributed by atoms with van der Waals surface area (Å²) in [6, 6.07) is 7.76. The maximum atomic E-state index is 12.4. The summed E-state index contributed by atoms with van der Waals surface area (Å²) in [6.45, 7) is 0.195. The third kappa shape index (κ3) is 3.42. The smallest absolute Gasteiger partial charge is 0.229 e. The second kappa shape index (κ2) is 5.79. The third-order valence-corrected chi connectivity index (χ3v) is 7.64. The first-order valence-corrected chi connectivity index (χ1v) is 10.6. The molecule has 1 saturated heterocycles. The van der Waals surface area contributed by atoms with Crippen molar-refractivity contribution in [1.29, 1.82) is 0 Å². The molecular weight excluding hydrogens is 322 g/mol. The topological polar surface area (TPSA) is 80.3 Å². The highest BCUT2D eigenvalue weighted by atomic mass is 32.2. The van der Waals surface area contributed by atoms with Crippen LogP contribution in [0.25, 0.3) is 6.08 Å². The van der Waals surface area contributed by atoms with Crippen LogP contribution in [0.15, 0.2) is 29.2 Å². The lowest BCUT2D eigenvalue weighted by atomic mass is 9.98. The van der Waals surface area contributed by atoms with E-state index in [0.717, 1.165) is 11.1 Å². The molecule has 0 radical (unpaired) electrons. The molecule has 1 aliphatic carbocycles. The van der Waals surface area contributed by atoms with Crippen molar-refractivity contribution >= 4 is 25.9 Å². The number of nitrogens with one attached hydrogen (secondary N) is 1. The minimum absolute atomic E-state index is 0.0808. The minimum atomic E-state index is -3.53. The van der Waals surface area contributed by atoms with Crippen LogP contribution in [0.5, 0.6) is 0 Å². The predicted molar refractivity (Wildman–Crippen MR) is 86.4 cm³/mol. The van der Waals surface area contributed by atoms with Gasteiger partial charge >= 0.3 is 0 Å². The van der Waals surface area contributed by atoms with Gasteiger partial charge in [0.15, 0.2) is 9.84 Å². The van der Waals surface area contributed by atoms with E-state index in [2.05, 4.69) is 4.72 Å². The molecule has 1 aromatic carbocycles. The molecule has 0 spiro atoms. The number of aryl methyl sites for hydroxylation is 1. The van der Waals surface area contributed by atoms with E-state index in [1.165, 1.54) is 0 Å². The number of benzene rings is 1. The van der Waals surface area contributed by atoms with Gasteiger partial charge in [-0.3, -0.25) is 0 Å². The van der Waals surface area contributed by atoms with Crippen molar-refractivity contribution < 1.29 is 16.8 Å². The van der Waals surface area contributed by atoms with Gasteiger partial charge in [-0.05, 0) is 42.4 Å². The van der Waals surface area contributed by atoms with Gasteiger partial charge in [0.05, 0.1) is 16.4 Å². The maximum absolute atomic E-state index is 12.4. The lowest BCUT2D eigenvalue weighted by Gasteiger charge is -2.18. The molecule has 1 heterocycles. The molecule has 0 bridgehead atoms. The standard InChI is InChI=1S/C15H19NO4S2/c17-21(18)8-7-12(11-21)10-16-22(19,20)15-6-5-13-3-1-2-4-14(13)9-15/h1-4,9,12,16H,5-8,10-11H2/t12-/m1/s1. The Kier molecular flexibility index (Phi) is 4.13. The summed E-state index contributed by atoms with van der Waals surface area (Å²) >= 11 is 0. The molecule has 5 nitrogen and oxygen atoms in total. The first-order chi connectivity index (χ1) is 10.4. The van der Waals surface area contributed by atoms with Crippen LogP contribution in [0.4, 0.5) is 0 Å². The van der Waals surface area contributed by atoms with Crippen molar-refractivity contribution in [3.05, 3.63) is 40.3 Å². The summed E-state index contributed by atoms with van der Waals surface area (Å²) in [5, 5.41) is 0. The summed E-state index contributed by atoms with van der Waals surface area (Å²) in [5.74, 6) is 0.128. The molecule has 1 atom stereocenters. The zero-order chi connectivity index (χ0) is 15.8. The molecule has 0 saturated carbocycles. The molecule has 1 fully saturated rings. The third-order valence-electron chi connectivity index (χ3n) is 4.25. The van der Waals surface area contributed by atoms with Crippen molar-refractivity contribution in [2.75, 3.05) is 18.1 Å². The highest BCUT2D eigenvalue weighted by molar-refractivity contribution is 7.93. The van der Waals surface area contributed by atoms with Crippen molar-refractivity contribution in [2.45, 2.75) is 19.3 Å². The summed E-state index contributed by atoms with van der Waals surface area (Å²) in [6.07, 6.45) is 3.44. The van der Waals surface area contributed by atoms with Crippen LogP contribution >= 0.6 is 0 Å². The second-order valence-electron chi connectivity index (χ2n) is 5.93. The Bertz CT molecular complexity index is 810. The second-order valence-corrected chi connectivity index (χ2v) is 9.98. The number of rotatable bonds is 4.